The Balaban J connectivity index is 1.90. The molecule has 0 saturated heterocycles. The predicted octanol–water partition coefficient (Wildman–Crippen LogP) is 5.28. The molecule has 0 N–H and O–H groups in total. The lowest BCUT2D eigenvalue weighted by Gasteiger charge is -2.21. The molecule has 3 rings (SSSR count). The van der Waals surface area contributed by atoms with Crippen LogP contribution in [0.1, 0.15) is 22.3 Å². The zero-order valence-electron chi connectivity index (χ0n) is 14.5. The van der Waals surface area contributed by atoms with E-state index in [1.165, 1.54) is 12.1 Å². The number of nitrogens with zero attached hydrogens (tertiary/aromatic N) is 1. The molecular formula is C20H15ClF5NO. The van der Waals surface area contributed by atoms with Crippen molar-refractivity contribution in [1.29, 1.82) is 0 Å². The van der Waals surface area contributed by atoms with E-state index in [-0.39, 0.29) is 31.5 Å². The number of hydrogen-bond acceptors (Lipinski definition) is 1. The molecule has 28 heavy (non-hydrogen) atoms. The lowest BCUT2D eigenvalue weighted by Crippen LogP contribution is -2.42. The fraction of sp³-hybridized carbons (Fsp3) is 0.250. The molecule has 0 unspecified atom stereocenters. The molecule has 2 aromatic rings. The minimum Gasteiger partial charge on any atom is -0.334 e. The zero-order chi connectivity index (χ0) is 20.5. The van der Waals surface area contributed by atoms with Gasteiger partial charge in [-0.05, 0) is 47.7 Å². The van der Waals surface area contributed by atoms with Gasteiger partial charge in [-0.25, -0.2) is 8.78 Å². The normalized spacial score (nSPS) is 14.9. The Morgan fingerprint density at radius 3 is 2.43 bits per heavy atom. The van der Waals surface area contributed by atoms with Crippen molar-refractivity contribution in [1.82, 2.24) is 4.90 Å². The molecule has 1 amide bonds. The first-order chi connectivity index (χ1) is 13.2. The van der Waals surface area contributed by atoms with Crippen molar-refractivity contribution in [2.45, 2.75) is 19.0 Å². The molecule has 148 valence electrons. The summed E-state index contributed by atoms with van der Waals surface area (Å²) in [6, 6.07) is 6.49. The molecule has 0 saturated carbocycles. The molecule has 0 aromatic heterocycles. The topological polar surface area (TPSA) is 20.3 Å². The number of amides is 1. The van der Waals surface area contributed by atoms with E-state index < -0.39 is 23.7 Å². The van der Waals surface area contributed by atoms with Crippen molar-refractivity contribution in [2.75, 3.05) is 13.1 Å². The maximum atomic E-state index is 13.8. The molecule has 1 aliphatic heterocycles. The standard InChI is InChI=1S/C20H15ClF5NO/c21-17-6-3-12-7-9-27(19(28)20(24,25)26)10-8-15(12)16(17)5-2-13-1-4-14(22)11-18(13)23/h1-6,11H,7-10H2/b5-2-. The van der Waals surface area contributed by atoms with Gasteiger partial charge in [0, 0.05) is 29.7 Å². The Morgan fingerprint density at radius 2 is 1.75 bits per heavy atom. The van der Waals surface area contributed by atoms with Crippen LogP contribution < -0.4 is 0 Å². The predicted molar refractivity (Wildman–Crippen MR) is 96.8 cm³/mol. The smallest absolute Gasteiger partial charge is 0.334 e. The Labute approximate surface area is 163 Å². The molecule has 0 atom stereocenters. The highest BCUT2D eigenvalue weighted by Crippen LogP contribution is 2.30. The SMILES string of the molecule is O=C(N1CCc2ccc(Cl)c(/C=C\c3ccc(F)cc3F)c2CC1)C(F)(F)F. The van der Waals surface area contributed by atoms with E-state index in [1.807, 2.05) is 0 Å². The van der Waals surface area contributed by atoms with Crippen molar-refractivity contribution in [3.05, 3.63) is 69.2 Å². The monoisotopic (exact) mass is 415 g/mol. The van der Waals surface area contributed by atoms with Crippen molar-refractivity contribution in [3.8, 4) is 0 Å². The van der Waals surface area contributed by atoms with E-state index in [2.05, 4.69) is 0 Å². The highest BCUT2D eigenvalue weighted by Gasteiger charge is 2.42. The number of fused-ring (bicyclic) bond motifs is 1. The summed E-state index contributed by atoms with van der Waals surface area (Å²) in [5, 5.41) is 0.355. The molecule has 0 aliphatic carbocycles. The first kappa shape index (κ1) is 20.3. The lowest BCUT2D eigenvalue weighted by molar-refractivity contribution is -0.185. The largest absolute Gasteiger partial charge is 0.471 e. The Bertz CT molecular complexity index is 939. The summed E-state index contributed by atoms with van der Waals surface area (Å²) in [6.45, 7) is -0.153. The molecular weight excluding hydrogens is 401 g/mol. The highest BCUT2D eigenvalue weighted by atomic mass is 35.5. The van der Waals surface area contributed by atoms with Crippen molar-refractivity contribution in [2.24, 2.45) is 0 Å². The molecule has 0 fully saturated rings. The van der Waals surface area contributed by atoms with E-state index in [1.54, 1.807) is 18.2 Å². The van der Waals surface area contributed by atoms with Gasteiger partial charge in [-0.3, -0.25) is 4.79 Å². The van der Waals surface area contributed by atoms with Gasteiger partial charge in [0.1, 0.15) is 11.6 Å². The Morgan fingerprint density at radius 1 is 1.04 bits per heavy atom. The number of carbonyl (C=O) groups is 1. The molecule has 2 nitrogen and oxygen atoms in total. The molecule has 1 heterocycles. The number of hydrogen-bond donors (Lipinski definition) is 0. The van der Waals surface area contributed by atoms with Crippen LogP contribution in [0.15, 0.2) is 30.3 Å². The van der Waals surface area contributed by atoms with Gasteiger partial charge in [-0.2, -0.15) is 13.2 Å². The van der Waals surface area contributed by atoms with Gasteiger partial charge in [0.25, 0.3) is 0 Å². The quantitative estimate of drug-likeness (QED) is 0.483. The number of carbonyl (C=O) groups excluding carboxylic acids is 1. The van der Waals surface area contributed by atoms with Crippen LogP contribution in [0.4, 0.5) is 22.0 Å². The van der Waals surface area contributed by atoms with Crippen LogP contribution >= 0.6 is 11.6 Å². The number of rotatable bonds is 2. The summed E-state index contributed by atoms with van der Waals surface area (Å²) < 4.78 is 65.1. The van der Waals surface area contributed by atoms with E-state index in [0.717, 1.165) is 22.6 Å². The summed E-state index contributed by atoms with van der Waals surface area (Å²) >= 11 is 6.25. The Hall–Kier alpha value is -2.41. The first-order valence-corrected chi connectivity index (χ1v) is 8.84. The summed E-state index contributed by atoms with van der Waals surface area (Å²) in [7, 11) is 0. The van der Waals surface area contributed by atoms with Gasteiger partial charge in [-0.15, -0.1) is 0 Å². The Kier molecular flexibility index (Phi) is 5.74. The van der Waals surface area contributed by atoms with E-state index in [9.17, 15) is 26.7 Å². The average molecular weight is 416 g/mol. The van der Waals surface area contributed by atoms with Crippen LogP contribution in [0.25, 0.3) is 12.2 Å². The van der Waals surface area contributed by atoms with Crippen LogP contribution in [-0.4, -0.2) is 30.1 Å². The van der Waals surface area contributed by atoms with E-state index >= 15 is 0 Å². The summed E-state index contributed by atoms with van der Waals surface area (Å²) in [5.74, 6) is -3.30. The summed E-state index contributed by atoms with van der Waals surface area (Å²) in [5.41, 5.74) is 2.19. The van der Waals surface area contributed by atoms with Gasteiger partial charge < -0.3 is 4.90 Å². The van der Waals surface area contributed by atoms with Crippen LogP contribution in [0.5, 0.6) is 0 Å². The minimum absolute atomic E-state index is 0.0529. The van der Waals surface area contributed by atoms with Gasteiger partial charge in [0.05, 0.1) is 0 Å². The van der Waals surface area contributed by atoms with Gasteiger partial charge >= 0.3 is 12.1 Å². The zero-order valence-corrected chi connectivity index (χ0v) is 15.2. The number of alkyl halides is 3. The van der Waals surface area contributed by atoms with Crippen LogP contribution in [0.3, 0.4) is 0 Å². The van der Waals surface area contributed by atoms with Crippen LogP contribution in [-0.2, 0) is 17.6 Å². The maximum Gasteiger partial charge on any atom is 0.471 e. The average Bonchev–Trinajstić information content (AvgIpc) is 2.83. The van der Waals surface area contributed by atoms with Crippen molar-refractivity contribution < 1.29 is 26.7 Å². The van der Waals surface area contributed by atoms with E-state index in [4.69, 9.17) is 11.6 Å². The highest BCUT2D eigenvalue weighted by molar-refractivity contribution is 6.32. The minimum atomic E-state index is -4.92. The fourth-order valence-electron chi connectivity index (χ4n) is 3.20. The maximum absolute atomic E-state index is 13.8. The van der Waals surface area contributed by atoms with Gasteiger partial charge in [0.15, 0.2) is 0 Å². The van der Waals surface area contributed by atoms with Crippen molar-refractivity contribution in [3.63, 3.8) is 0 Å². The fourth-order valence-corrected chi connectivity index (χ4v) is 3.44. The van der Waals surface area contributed by atoms with Crippen LogP contribution in [0.2, 0.25) is 5.02 Å². The molecule has 2 aromatic carbocycles. The molecule has 0 spiro atoms. The third-order valence-corrected chi connectivity index (χ3v) is 4.94. The second kappa shape index (κ2) is 7.91. The third-order valence-electron chi connectivity index (χ3n) is 4.61. The van der Waals surface area contributed by atoms with E-state index in [0.29, 0.717) is 16.1 Å². The molecule has 0 bridgehead atoms. The lowest BCUT2D eigenvalue weighted by atomic mass is 9.96. The van der Waals surface area contributed by atoms with Gasteiger partial charge in [0.2, 0.25) is 0 Å². The number of benzene rings is 2. The third kappa shape index (κ3) is 4.35. The summed E-state index contributed by atoms with van der Waals surface area (Å²) in [6.07, 6.45) is -1.50. The molecule has 1 aliphatic rings. The second-order valence-corrected chi connectivity index (χ2v) is 6.80. The summed E-state index contributed by atoms with van der Waals surface area (Å²) in [4.78, 5) is 12.3. The number of halogens is 6. The van der Waals surface area contributed by atoms with Crippen molar-refractivity contribution >= 4 is 29.7 Å². The first-order valence-electron chi connectivity index (χ1n) is 8.46. The molecule has 0 radical (unpaired) electrons. The second-order valence-electron chi connectivity index (χ2n) is 6.39. The molecule has 8 heteroatoms. The van der Waals surface area contributed by atoms with Gasteiger partial charge in [-0.1, -0.05) is 29.8 Å². The van der Waals surface area contributed by atoms with Crippen LogP contribution in [0, 0.1) is 11.6 Å².